The Kier molecular flexibility index (Phi) is 9.66. The Morgan fingerprint density at radius 1 is 1.29 bits per heavy atom. The van der Waals surface area contributed by atoms with E-state index < -0.39 is 8.45 Å². The van der Waals surface area contributed by atoms with E-state index in [-0.39, 0.29) is 5.48 Å². The van der Waals surface area contributed by atoms with Crippen LogP contribution < -0.4 is 5.09 Å². The quantitative estimate of drug-likeness (QED) is 0.598. The van der Waals surface area contributed by atoms with Gasteiger partial charge < -0.3 is 10.00 Å². The number of halogens is 2. The van der Waals surface area contributed by atoms with E-state index >= 15 is 0 Å². The van der Waals surface area contributed by atoms with Crippen molar-refractivity contribution in [3.8, 4) is 0 Å². The maximum Gasteiger partial charge on any atom is 0.185 e. The van der Waals surface area contributed by atoms with Gasteiger partial charge in [0.1, 0.15) is 0 Å². The van der Waals surface area contributed by atoms with Crippen molar-refractivity contribution in [1.29, 1.82) is 0 Å². The molecule has 1 rings (SSSR count). The molecule has 4 nitrogen and oxygen atoms in total. The van der Waals surface area contributed by atoms with Crippen LogP contribution in [-0.4, -0.2) is 48.1 Å². The predicted molar refractivity (Wildman–Crippen MR) is 62.1 cm³/mol. The van der Waals surface area contributed by atoms with Gasteiger partial charge in [-0.15, -0.1) is 23.2 Å². The number of rotatable bonds is 5. The van der Waals surface area contributed by atoms with Crippen molar-refractivity contribution in [2.75, 3.05) is 38.0 Å². The van der Waals surface area contributed by atoms with E-state index in [9.17, 15) is 0 Å². The molecule has 3 N–H and O–H groups in total. The minimum absolute atomic E-state index is 0. The molecule has 0 radical (unpaired) electrons. The highest BCUT2D eigenvalue weighted by Crippen LogP contribution is 2.38. The molecule has 7 heteroatoms. The lowest BCUT2D eigenvalue weighted by Gasteiger charge is -2.32. The molecule has 0 aliphatic carbocycles. The molecule has 0 bridgehead atoms. The van der Waals surface area contributed by atoms with Gasteiger partial charge in [0.25, 0.3) is 0 Å². The van der Waals surface area contributed by atoms with Crippen molar-refractivity contribution in [3.63, 3.8) is 0 Å². The minimum Gasteiger partial charge on any atom is -0.412 e. The molecule has 0 aromatic heterocycles. The zero-order valence-corrected chi connectivity index (χ0v) is 10.4. The first-order valence-corrected chi connectivity index (χ1v) is 6.70. The molecule has 1 aliphatic rings. The fraction of sp³-hybridized carbons (Fsp3) is 1.00. The van der Waals surface area contributed by atoms with Gasteiger partial charge in [0, 0.05) is 31.4 Å². The zero-order valence-electron chi connectivity index (χ0n) is 8.01. The second-order valence-electron chi connectivity index (χ2n) is 2.70. The van der Waals surface area contributed by atoms with E-state index in [4.69, 9.17) is 27.7 Å². The highest BCUT2D eigenvalue weighted by Gasteiger charge is 2.20. The number of hydrogen-bond acceptors (Lipinski definition) is 3. The summed E-state index contributed by atoms with van der Waals surface area (Å²) in [6.07, 6.45) is 1.09. The van der Waals surface area contributed by atoms with E-state index in [2.05, 4.69) is 9.76 Å². The topological polar surface area (TPSA) is 56.0 Å². The van der Waals surface area contributed by atoms with Gasteiger partial charge in [-0.1, -0.05) is 0 Å². The Morgan fingerprint density at radius 3 is 2.36 bits per heavy atom. The van der Waals surface area contributed by atoms with Gasteiger partial charge in [0.05, 0.1) is 6.61 Å². The Balaban J connectivity index is 0.00000169. The van der Waals surface area contributed by atoms with Crippen LogP contribution in [0, 0.1) is 0 Å². The van der Waals surface area contributed by atoms with Crippen molar-refractivity contribution < 1.29 is 10.00 Å². The summed E-state index contributed by atoms with van der Waals surface area (Å²) in [6, 6.07) is 0. The number of alkyl halides is 2. The molecule has 1 unspecified atom stereocenters. The Hall–Kier alpha value is 0.850. The molecule has 86 valence electrons. The Labute approximate surface area is 96.1 Å². The lowest BCUT2D eigenvalue weighted by Crippen LogP contribution is -2.32. The average molecular weight is 263 g/mol. The van der Waals surface area contributed by atoms with Gasteiger partial charge in [-0.25, -0.2) is 4.67 Å². The average Bonchev–Trinajstić information content (AvgIpc) is 2.19. The summed E-state index contributed by atoms with van der Waals surface area (Å²) in [5.74, 6) is 1.25. The Morgan fingerprint density at radius 2 is 1.93 bits per heavy atom. The largest absolute Gasteiger partial charge is 0.412 e. The smallest absolute Gasteiger partial charge is 0.185 e. The van der Waals surface area contributed by atoms with Crippen LogP contribution in [0.25, 0.3) is 0 Å². The first-order chi connectivity index (χ1) is 6.38. The third-order valence-corrected chi connectivity index (χ3v) is 3.90. The van der Waals surface area contributed by atoms with Crippen molar-refractivity contribution in [2.45, 2.75) is 6.42 Å². The molecule has 1 heterocycles. The maximum absolute atomic E-state index is 5.69. The van der Waals surface area contributed by atoms with Crippen LogP contribution in [0.2, 0.25) is 0 Å². The molecule has 0 aromatic rings. The number of nitrogens with one attached hydrogen (secondary N) is 1. The molecular weight excluding hydrogens is 246 g/mol. The van der Waals surface area contributed by atoms with Crippen molar-refractivity contribution >= 4 is 31.7 Å². The van der Waals surface area contributed by atoms with E-state index in [1.165, 1.54) is 0 Å². The van der Waals surface area contributed by atoms with Gasteiger partial charge in [-0.05, 0) is 6.42 Å². The summed E-state index contributed by atoms with van der Waals surface area (Å²) in [5.41, 5.74) is 0. The summed E-state index contributed by atoms with van der Waals surface area (Å²) < 4.78 is 7.80. The fourth-order valence-corrected chi connectivity index (χ4v) is 3.43. The van der Waals surface area contributed by atoms with E-state index in [1.807, 2.05) is 0 Å². The van der Waals surface area contributed by atoms with Crippen LogP contribution in [0.5, 0.6) is 0 Å². The molecule has 1 aliphatic heterocycles. The monoisotopic (exact) mass is 262 g/mol. The predicted octanol–water partition coefficient (Wildman–Crippen LogP) is 1.18. The van der Waals surface area contributed by atoms with Gasteiger partial charge in [0.2, 0.25) is 0 Å². The highest BCUT2D eigenvalue weighted by molar-refractivity contribution is 7.47. The lowest BCUT2D eigenvalue weighted by molar-refractivity contribution is 0.278. The first-order valence-electron chi connectivity index (χ1n) is 4.42. The minimum atomic E-state index is -0.632. The van der Waals surface area contributed by atoms with Crippen LogP contribution in [0.3, 0.4) is 0 Å². The van der Waals surface area contributed by atoms with Gasteiger partial charge in [-0.3, -0.25) is 5.09 Å². The van der Waals surface area contributed by atoms with Crippen LogP contribution in [-0.2, 0) is 4.52 Å². The molecule has 1 fully saturated rings. The summed E-state index contributed by atoms with van der Waals surface area (Å²) in [7, 11) is -0.632. The lowest BCUT2D eigenvalue weighted by atomic mass is 10.5. The molecule has 1 saturated heterocycles. The molecule has 0 aromatic carbocycles. The SMILES string of the molecule is ClCCN(CCCl)P1NCCCO1.O. The van der Waals surface area contributed by atoms with Gasteiger partial charge in [0.15, 0.2) is 8.45 Å². The summed E-state index contributed by atoms with van der Waals surface area (Å²) in [5, 5.41) is 3.34. The molecule has 1 atom stereocenters. The van der Waals surface area contributed by atoms with Gasteiger partial charge in [-0.2, -0.15) is 0 Å². The maximum atomic E-state index is 5.69. The van der Waals surface area contributed by atoms with Crippen LogP contribution in [0.4, 0.5) is 0 Å². The van der Waals surface area contributed by atoms with Crippen molar-refractivity contribution in [1.82, 2.24) is 9.76 Å². The van der Waals surface area contributed by atoms with E-state index in [0.717, 1.165) is 32.7 Å². The van der Waals surface area contributed by atoms with Crippen molar-refractivity contribution in [2.24, 2.45) is 0 Å². The standard InChI is InChI=1S/C7H15Cl2N2OP.H2O/c8-2-5-11(6-3-9)13-10-4-1-7-12-13;/h10H,1-7H2;1H2. The van der Waals surface area contributed by atoms with E-state index in [1.54, 1.807) is 0 Å². The zero-order chi connectivity index (χ0) is 9.52. The second-order valence-corrected chi connectivity index (χ2v) is 5.14. The molecule has 0 saturated carbocycles. The first kappa shape index (κ1) is 14.8. The summed E-state index contributed by atoms with van der Waals surface area (Å²) in [4.78, 5) is 0. The molecule has 0 spiro atoms. The van der Waals surface area contributed by atoms with Crippen LogP contribution in [0.1, 0.15) is 6.42 Å². The number of nitrogens with zero attached hydrogens (tertiary/aromatic N) is 1. The molecule has 14 heavy (non-hydrogen) atoms. The second kappa shape index (κ2) is 9.10. The third kappa shape index (κ3) is 5.08. The molecular formula is C7H17Cl2N2O2P. The fourth-order valence-electron chi connectivity index (χ4n) is 1.11. The van der Waals surface area contributed by atoms with Gasteiger partial charge >= 0.3 is 0 Å². The molecule has 0 amide bonds. The highest BCUT2D eigenvalue weighted by atomic mass is 35.5. The normalized spacial score (nSPS) is 22.1. The van der Waals surface area contributed by atoms with E-state index in [0.29, 0.717) is 11.8 Å². The number of hydrogen-bond donors (Lipinski definition) is 1. The Bertz CT molecular complexity index is 133. The van der Waals surface area contributed by atoms with Crippen LogP contribution in [0.15, 0.2) is 0 Å². The van der Waals surface area contributed by atoms with Crippen LogP contribution >= 0.6 is 31.7 Å². The summed E-state index contributed by atoms with van der Waals surface area (Å²) >= 11 is 11.4. The van der Waals surface area contributed by atoms with Crippen molar-refractivity contribution in [3.05, 3.63) is 0 Å². The third-order valence-electron chi connectivity index (χ3n) is 1.72. The summed E-state index contributed by atoms with van der Waals surface area (Å²) in [6.45, 7) is 3.56.